The maximum atomic E-state index is 11.5. The van der Waals surface area contributed by atoms with Gasteiger partial charge in [-0.1, -0.05) is 0 Å². The van der Waals surface area contributed by atoms with Crippen LogP contribution in [0.2, 0.25) is 0 Å². The van der Waals surface area contributed by atoms with Crippen molar-refractivity contribution in [2.24, 2.45) is 0 Å². The zero-order chi connectivity index (χ0) is 13.7. The molecule has 1 heterocycles. The zero-order valence-corrected chi connectivity index (χ0v) is 11.0. The van der Waals surface area contributed by atoms with E-state index in [-0.39, 0.29) is 5.97 Å². The van der Waals surface area contributed by atoms with Crippen LogP contribution < -0.4 is 4.90 Å². The second-order valence-corrected chi connectivity index (χ2v) is 4.46. The molecule has 0 aromatic carbocycles. The topological polar surface area (TPSA) is 66.2 Å². The van der Waals surface area contributed by atoms with Gasteiger partial charge in [0.1, 0.15) is 5.82 Å². The van der Waals surface area contributed by atoms with E-state index in [2.05, 4.69) is 16.0 Å². The van der Waals surface area contributed by atoms with E-state index < -0.39 is 0 Å². The van der Waals surface area contributed by atoms with E-state index in [9.17, 15) is 4.79 Å². The number of esters is 1. The van der Waals surface area contributed by atoms with E-state index in [1.807, 2.05) is 6.07 Å². The van der Waals surface area contributed by atoms with Crippen LogP contribution in [0.25, 0.3) is 0 Å². The maximum absolute atomic E-state index is 11.5. The number of carbonyl (C=O) groups excluding carboxylic acids is 1. The summed E-state index contributed by atoms with van der Waals surface area (Å²) in [5.74, 6) is 0.474. The molecular weight excluding hydrogens is 242 g/mol. The van der Waals surface area contributed by atoms with Gasteiger partial charge in [-0.25, -0.2) is 9.78 Å². The van der Waals surface area contributed by atoms with Gasteiger partial charge in [0.15, 0.2) is 0 Å². The smallest absolute Gasteiger partial charge is 0.339 e. The molecule has 5 nitrogen and oxygen atoms in total. The third-order valence-corrected chi connectivity index (χ3v) is 3.01. The van der Waals surface area contributed by atoms with Crippen molar-refractivity contribution in [2.75, 3.05) is 18.1 Å². The zero-order valence-electron chi connectivity index (χ0n) is 11.0. The van der Waals surface area contributed by atoms with E-state index >= 15 is 0 Å². The predicted octanol–water partition coefficient (Wildman–Crippen LogP) is 2.14. The molecule has 0 saturated heterocycles. The van der Waals surface area contributed by atoms with Gasteiger partial charge in [0, 0.05) is 18.8 Å². The van der Waals surface area contributed by atoms with E-state index in [1.54, 1.807) is 13.0 Å². The van der Waals surface area contributed by atoms with E-state index in [1.165, 1.54) is 6.20 Å². The summed E-state index contributed by atoms with van der Waals surface area (Å²) in [6.07, 6.45) is 4.31. The van der Waals surface area contributed by atoms with Gasteiger partial charge in [-0.05, 0) is 31.9 Å². The second kappa shape index (κ2) is 6.19. The maximum Gasteiger partial charge on any atom is 0.339 e. The van der Waals surface area contributed by atoms with Crippen LogP contribution >= 0.6 is 0 Å². The highest BCUT2D eigenvalue weighted by atomic mass is 16.5. The normalized spacial score (nSPS) is 13.7. The highest BCUT2D eigenvalue weighted by molar-refractivity contribution is 5.89. The Hall–Kier alpha value is -2.09. The monoisotopic (exact) mass is 259 g/mol. The highest BCUT2D eigenvalue weighted by Gasteiger charge is 2.29. The minimum absolute atomic E-state index is 0.350. The summed E-state index contributed by atoms with van der Waals surface area (Å²) in [6.45, 7) is 2.82. The molecule has 0 unspecified atom stereocenters. The number of nitriles is 1. The largest absolute Gasteiger partial charge is 0.462 e. The van der Waals surface area contributed by atoms with Crippen molar-refractivity contribution in [1.29, 1.82) is 5.26 Å². The van der Waals surface area contributed by atoms with Crippen molar-refractivity contribution in [3.8, 4) is 6.07 Å². The van der Waals surface area contributed by atoms with Crippen molar-refractivity contribution in [3.05, 3.63) is 23.9 Å². The van der Waals surface area contributed by atoms with Gasteiger partial charge in [0.2, 0.25) is 0 Å². The van der Waals surface area contributed by atoms with E-state index in [0.29, 0.717) is 31.2 Å². The molecule has 0 N–H and O–H groups in total. The van der Waals surface area contributed by atoms with Crippen LogP contribution in [0.3, 0.4) is 0 Å². The Kier molecular flexibility index (Phi) is 4.35. The lowest BCUT2D eigenvalue weighted by atomic mass is 10.2. The van der Waals surface area contributed by atoms with Gasteiger partial charge in [-0.15, -0.1) is 0 Å². The summed E-state index contributed by atoms with van der Waals surface area (Å²) in [5, 5.41) is 8.68. The molecule has 1 saturated carbocycles. The van der Waals surface area contributed by atoms with Crippen LogP contribution in [0, 0.1) is 11.3 Å². The van der Waals surface area contributed by atoms with Crippen molar-refractivity contribution >= 4 is 11.8 Å². The molecule has 0 radical (unpaired) electrons. The highest BCUT2D eigenvalue weighted by Crippen LogP contribution is 2.30. The Morgan fingerprint density at radius 3 is 2.89 bits per heavy atom. The molecular formula is C14H17N3O2. The lowest BCUT2D eigenvalue weighted by Gasteiger charge is -2.22. The molecule has 1 aliphatic rings. The molecule has 1 aromatic heterocycles. The number of nitrogens with zero attached hydrogens (tertiary/aromatic N) is 3. The van der Waals surface area contributed by atoms with Gasteiger partial charge >= 0.3 is 5.97 Å². The van der Waals surface area contributed by atoms with Crippen LogP contribution in [-0.2, 0) is 4.74 Å². The first-order chi connectivity index (χ1) is 9.26. The Morgan fingerprint density at radius 2 is 2.37 bits per heavy atom. The fourth-order valence-corrected chi connectivity index (χ4v) is 1.93. The lowest BCUT2D eigenvalue weighted by molar-refractivity contribution is 0.0526. The Labute approximate surface area is 112 Å². The van der Waals surface area contributed by atoms with E-state index in [0.717, 1.165) is 18.7 Å². The van der Waals surface area contributed by atoms with Crippen LogP contribution in [0.1, 0.15) is 36.5 Å². The van der Waals surface area contributed by atoms with Crippen LogP contribution in [-0.4, -0.2) is 30.1 Å². The quantitative estimate of drug-likeness (QED) is 0.732. The minimum Gasteiger partial charge on any atom is -0.462 e. The number of anilines is 1. The number of aromatic nitrogens is 1. The molecule has 19 heavy (non-hydrogen) atoms. The Bertz CT molecular complexity index is 474. The molecule has 5 heteroatoms. The van der Waals surface area contributed by atoms with E-state index in [4.69, 9.17) is 10.00 Å². The van der Waals surface area contributed by atoms with Crippen molar-refractivity contribution in [1.82, 2.24) is 4.98 Å². The molecule has 2 rings (SSSR count). The van der Waals surface area contributed by atoms with Gasteiger partial charge in [0.05, 0.1) is 24.7 Å². The lowest BCUT2D eigenvalue weighted by Crippen LogP contribution is -2.27. The summed E-state index contributed by atoms with van der Waals surface area (Å²) in [4.78, 5) is 18.0. The number of rotatable bonds is 6. The Morgan fingerprint density at radius 1 is 1.58 bits per heavy atom. The molecule has 100 valence electrons. The van der Waals surface area contributed by atoms with Gasteiger partial charge < -0.3 is 9.64 Å². The van der Waals surface area contributed by atoms with Crippen molar-refractivity contribution < 1.29 is 9.53 Å². The number of hydrogen-bond donors (Lipinski definition) is 0. The summed E-state index contributed by atoms with van der Waals surface area (Å²) >= 11 is 0. The first-order valence-electron chi connectivity index (χ1n) is 6.53. The molecule has 0 aliphatic heterocycles. The Balaban J connectivity index is 2.07. The third-order valence-electron chi connectivity index (χ3n) is 3.01. The summed E-state index contributed by atoms with van der Waals surface area (Å²) < 4.78 is 4.92. The number of ether oxygens (including phenoxy) is 1. The van der Waals surface area contributed by atoms with Gasteiger partial charge in [-0.3, -0.25) is 0 Å². The molecule has 1 fully saturated rings. The second-order valence-electron chi connectivity index (χ2n) is 4.46. The first kappa shape index (κ1) is 13.3. The fourth-order valence-electron chi connectivity index (χ4n) is 1.93. The number of hydrogen-bond acceptors (Lipinski definition) is 5. The molecule has 1 aliphatic carbocycles. The predicted molar refractivity (Wildman–Crippen MR) is 70.8 cm³/mol. The first-order valence-corrected chi connectivity index (χ1v) is 6.53. The SMILES string of the molecule is CCOC(=O)c1ccc(N(CCC#N)C2CC2)nc1. The van der Waals surface area contributed by atoms with Crippen LogP contribution in [0.15, 0.2) is 18.3 Å². The van der Waals surface area contributed by atoms with Gasteiger partial charge in [0.25, 0.3) is 0 Å². The number of pyridine rings is 1. The van der Waals surface area contributed by atoms with Crippen LogP contribution in [0.5, 0.6) is 0 Å². The molecule has 1 aromatic rings. The van der Waals surface area contributed by atoms with Crippen molar-refractivity contribution in [3.63, 3.8) is 0 Å². The summed E-state index contributed by atoms with van der Waals surface area (Å²) in [7, 11) is 0. The molecule has 0 amide bonds. The van der Waals surface area contributed by atoms with Gasteiger partial charge in [-0.2, -0.15) is 5.26 Å². The molecule has 0 bridgehead atoms. The third kappa shape index (κ3) is 3.44. The van der Waals surface area contributed by atoms with Crippen LogP contribution in [0.4, 0.5) is 5.82 Å². The summed E-state index contributed by atoms with van der Waals surface area (Å²) in [6, 6.07) is 6.19. The molecule has 0 spiro atoms. The fraction of sp³-hybridized carbons (Fsp3) is 0.500. The minimum atomic E-state index is -0.350. The molecule has 0 atom stereocenters. The number of carbonyl (C=O) groups is 1. The summed E-state index contributed by atoms with van der Waals surface area (Å²) in [5.41, 5.74) is 0.460. The van der Waals surface area contributed by atoms with Crippen molar-refractivity contribution in [2.45, 2.75) is 32.2 Å². The average molecular weight is 259 g/mol. The average Bonchev–Trinajstić information content (AvgIpc) is 3.25. The standard InChI is InChI=1S/C14H17N3O2/c1-2-19-14(18)11-4-7-13(16-10-11)17(9-3-8-15)12-5-6-12/h4,7,10,12H,2-3,5-6,9H2,1H3.